The zero-order chi connectivity index (χ0) is 23.6. The molecule has 0 radical (unpaired) electrons. The first kappa shape index (κ1) is 22.3. The first-order valence-electron chi connectivity index (χ1n) is 10.2. The van der Waals surface area contributed by atoms with Crippen LogP contribution in [0, 0.1) is 0 Å². The van der Waals surface area contributed by atoms with Crippen molar-refractivity contribution in [1.29, 1.82) is 0 Å². The van der Waals surface area contributed by atoms with Gasteiger partial charge < -0.3 is 21.1 Å². The number of fused-ring (bicyclic) bond motifs is 2. The molecule has 0 atom stereocenters. The molecule has 4 N–H and O–H groups in total. The number of anilines is 3. The molecule has 3 aromatic rings. The highest BCUT2D eigenvalue weighted by molar-refractivity contribution is 6.13. The number of benzene rings is 3. The highest BCUT2D eigenvalue weighted by Gasteiger charge is 2.31. The molecular weight excluding hydrogens is 435 g/mol. The van der Waals surface area contributed by atoms with Gasteiger partial charge >= 0.3 is 6.36 Å². The largest absolute Gasteiger partial charge is 0.573 e. The predicted octanol–water partition coefficient (Wildman–Crippen LogP) is 5.48. The van der Waals surface area contributed by atoms with Gasteiger partial charge in [-0.1, -0.05) is 24.3 Å². The van der Waals surface area contributed by atoms with Gasteiger partial charge in [-0.05, 0) is 54.4 Å². The van der Waals surface area contributed by atoms with Crippen LogP contribution in [0.2, 0.25) is 0 Å². The Morgan fingerprint density at radius 2 is 1.67 bits per heavy atom. The number of rotatable bonds is 6. The minimum atomic E-state index is -4.84. The predicted molar refractivity (Wildman–Crippen MR) is 119 cm³/mol. The number of carbonyl (C=O) groups excluding carboxylic acids is 2. The maximum absolute atomic E-state index is 12.9. The lowest BCUT2D eigenvalue weighted by molar-refractivity contribution is -0.274. The molecule has 1 heterocycles. The third kappa shape index (κ3) is 5.15. The Kier molecular flexibility index (Phi) is 6.06. The number of ketones is 1. The number of Topliss-reactive ketones (excluding diaryl/α,β-unsaturated/α-hetero) is 1. The fraction of sp³-hybridized carbons (Fsp3) is 0.167. The Morgan fingerprint density at radius 3 is 2.42 bits per heavy atom. The van der Waals surface area contributed by atoms with Crippen LogP contribution in [0.15, 0.2) is 60.7 Å². The maximum Gasteiger partial charge on any atom is 0.573 e. The first-order chi connectivity index (χ1) is 15.7. The van der Waals surface area contributed by atoms with Crippen LogP contribution in [0.25, 0.3) is 11.1 Å². The van der Waals surface area contributed by atoms with Crippen LogP contribution in [0.1, 0.15) is 33.6 Å². The molecule has 4 rings (SSSR count). The summed E-state index contributed by atoms with van der Waals surface area (Å²) in [5.41, 5.74) is 8.90. The van der Waals surface area contributed by atoms with Crippen LogP contribution in [-0.4, -0.2) is 24.6 Å². The van der Waals surface area contributed by atoms with E-state index in [4.69, 9.17) is 5.73 Å². The number of halogens is 3. The summed E-state index contributed by atoms with van der Waals surface area (Å²) in [7, 11) is 0. The van der Waals surface area contributed by atoms with Gasteiger partial charge in [-0.3, -0.25) is 9.59 Å². The van der Waals surface area contributed by atoms with Crippen molar-refractivity contribution in [3.05, 3.63) is 71.8 Å². The first-order valence-corrected chi connectivity index (χ1v) is 10.2. The number of amides is 1. The fourth-order valence-electron chi connectivity index (χ4n) is 3.57. The molecule has 6 nitrogen and oxygen atoms in total. The minimum absolute atomic E-state index is 0.0104. The molecule has 0 saturated heterocycles. The zero-order valence-corrected chi connectivity index (χ0v) is 17.3. The van der Waals surface area contributed by atoms with Gasteiger partial charge in [-0.15, -0.1) is 13.2 Å². The van der Waals surface area contributed by atoms with Crippen molar-refractivity contribution in [1.82, 2.24) is 0 Å². The van der Waals surface area contributed by atoms with E-state index in [1.807, 2.05) is 6.07 Å². The van der Waals surface area contributed by atoms with Crippen molar-refractivity contribution in [2.24, 2.45) is 5.73 Å². The molecular formula is C24H20F3N3O3. The highest BCUT2D eigenvalue weighted by Crippen LogP contribution is 2.37. The summed E-state index contributed by atoms with van der Waals surface area (Å²) >= 11 is 0. The number of nitrogens with one attached hydrogen (secondary N) is 2. The van der Waals surface area contributed by atoms with Crippen LogP contribution in [0.3, 0.4) is 0 Å². The van der Waals surface area contributed by atoms with Gasteiger partial charge in [0.2, 0.25) is 0 Å². The van der Waals surface area contributed by atoms with Crippen LogP contribution >= 0.6 is 0 Å². The van der Waals surface area contributed by atoms with E-state index < -0.39 is 18.0 Å². The van der Waals surface area contributed by atoms with E-state index in [0.29, 0.717) is 47.5 Å². The molecule has 0 aromatic heterocycles. The van der Waals surface area contributed by atoms with E-state index >= 15 is 0 Å². The topological polar surface area (TPSA) is 93.5 Å². The van der Waals surface area contributed by atoms with Crippen molar-refractivity contribution >= 4 is 28.8 Å². The molecule has 3 aromatic carbocycles. The van der Waals surface area contributed by atoms with Crippen LogP contribution in [-0.2, 0) is 0 Å². The van der Waals surface area contributed by atoms with E-state index in [2.05, 4.69) is 15.4 Å². The SMILES string of the molecule is NCCCC(=O)c1cccc(-c2ccc3c(c2)C(=O)Nc2cc(OC(F)(F)F)ccc2N3)c1. The summed E-state index contributed by atoms with van der Waals surface area (Å²) in [4.78, 5) is 25.2. The molecule has 0 fully saturated rings. The van der Waals surface area contributed by atoms with Crippen LogP contribution < -0.4 is 21.1 Å². The lowest BCUT2D eigenvalue weighted by Gasteiger charge is -2.13. The van der Waals surface area contributed by atoms with Gasteiger partial charge in [0, 0.05) is 18.1 Å². The lowest BCUT2D eigenvalue weighted by Crippen LogP contribution is -2.17. The highest BCUT2D eigenvalue weighted by atomic mass is 19.4. The minimum Gasteiger partial charge on any atom is -0.406 e. The Bertz CT molecular complexity index is 1230. The van der Waals surface area contributed by atoms with E-state index in [1.54, 1.807) is 36.4 Å². The number of alkyl halides is 3. The second-order valence-electron chi connectivity index (χ2n) is 7.49. The number of hydrogen-bond donors (Lipinski definition) is 3. The van der Waals surface area contributed by atoms with E-state index in [1.165, 1.54) is 6.07 Å². The molecule has 1 aliphatic heterocycles. The average Bonchev–Trinajstić information content (AvgIpc) is 2.91. The molecule has 0 saturated carbocycles. The molecule has 0 unspecified atom stereocenters. The summed E-state index contributed by atoms with van der Waals surface area (Å²) in [6.45, 7) is 0.435. The smallest absolute Gasteiger partial charge is 0.406 e. The van der Waals surface area contributed by atoms with Crippen molar-refractivity contribution in [3.63, 3.8) is 0 Å². The number of nitrogens with two attached hydrogens (primary N) is 1. The zero-order valence-electron chi connectivity index (χ0n) is 17.3. The van der Waals surface area contributed by atoms with E-state index in [-0.39, 0.29) is 11.5 Å². The summed E-state index contributed by atoms with van der Waals surface area (Å²) in [5, 5.41) is 5.69. The normalized spacial score (nSPS) is 12.7. The summed E-state index contributed by atoms with van der Waals surface area (Å²) in [6, 6.07) is 15.9. The molecule has 0 spiro atoms. The van der Waals surface area contributed by atoms with Crippen LogP contribution in [0.5, 0.6) is 5.75 Å². The number of hydrogen-bond acceptors (Lipinski definition) is 5. The van der Waals surface area contributed by atoms with Gasteiger partial charge in [-0.25, -0.2) is 0 Å². The standard InChI is InChI=1S/C24H20F3N3O3/c25-24(26,27)33-17-7-9-20-21(13-17)30-23(32)18-12-15(6-8-19(18)29-20)14-3-1-4-16(11-14)22(31)5-2-10-28/h1,3-4,6-9,11-13,29H,2,5,10,28H2,(H,30,32). The molecule has 1 amide bonds. The van der Waals surface area contributed by atoms with Gasteiger partial charge in [0.15, 0.2) is 5.78 Å². The van der Waals surface area contributed by atoms with Crippen molar-refractivity contribution in [2.45, 2.75) is 19.2 Å². The number of ether oxygens (including phenoxy) is 1. The fourth-order valence-corrected chi connectivity index (χ4v) is 3.57. The molecule has 1 aliphatic rings. The van der Waals surface area contributed by atoms with Crippen molar-refractivity contribution in [2.75, 3.05) is 17.2 Å². The maximum atomic E-state index is 12.9. The molecule has 33 heavy (non-hydrogen) atoms. The summed E-state index contributed by atoms with van der Waals surface area (Å²) in [6.07, 6.45) is -3.88. The lowest BCUT2D eigenvalue weighted by atomic mass is 9.97. The van der Waals surface area contributed by atoms with Gasteiger partial charge in [0.05, 0.1) is 22.6 Å². The third-order valence-corrected chi connectivity index (χ3v) is 5.13. The van der Waals surface area contributed by atoms with Crippen molar-refractivity contribution in [3.8, 4) is 16.9 Å². The molecule has 0 aliphatic carbocycles. The Hall–Kier alpha value is -3.85. The van der Waals surface area contributed by atoms with Gasteiger partial charge in [0.25, 0.3) is 5.91 Å². The monoisotopic (exact) mass is 455 g/mol. The quantitative estimate of drug-likeness (QED) is 0.428. The second-order valence-corrected chi connectivity index (χ2v) is 7.49. The van der Waals surface area contributed by atoms with Gasteiger partial charge in [0.1, 0.15) is 5.75 Å². The molecule has 0 bridgehead atoms. The Labute approximate surface area is 187 Å². The van der Waals surface area contributed by atoms with Gasteiger partial charge in [-0.2, -0.15) is 0 Å². The number of carbonyl (C=O) groups is 2. The Balaban J connectivity index is 1.63. The average molecular weight is 455 g/mol. The summed E-state index contributed by atoms with van der Waals surface area (Å²) in [5.74, 6) is -0.938. The van der Waals surface area contributed by atoms with Crippen molar-refractivity contribution < 1.29 is 27.5 Å². The third-order valence-electron chi connectivity index (χ3n) is 5.13. The van der Waals surface area contributed by atoms with E-state index in [0.717, 1.165) is 17.7 Å². The second kappa shape index (κ2) is 8.95. The van der Waals surface area contributed by atoms with E-state index in [9.17, 15) is 22.8 Å². The molecule has 9 heteroatoms. The van der Waals surface area contributed by atoms with Crippen LogP contribution in [0.4, 0.5) is 30.2 Å². The molecule has 170 valence electrons. The summed E-state index contributed by atoms with van der Waals surface area (Å²) < 4.78 is 41.6. The Morgan fingerprint density at radius 1 is 0.909 bits per heavy atom.